The Hall–Kier alpha value is -2.99. The fourth-order valence-corrected chi connectivity index (χ4v) is 3.86. The number of hydrogen-bond donors (Lipinski definition) is 2. The number of alkyl halides is 3. The van der Waals surface area contributed by atoms with Crippen LogP contribution in [0.4, 0.5) is 18.0 Å². The zero-order valence-corrected chi connectivity index (χ0v) is 14.8. The molecule has 28 heavy (non-hydrogen) atoms. The second-order valence-corrected chi connectivity index (χ2v) is 7.53. The summed E-state index contributed by atoms with van der Waals surface area (Å²) < 4.78 is 67.5. The van der Waals surface area contributed by atoms with Crippen LogP contribution < -0.4 is 10.0 Å². The highest BCUT2D eigenvalue weighted by Gasteiger charge is 2.69. The summed E-state index contributed by atoms with van der Waals surface area (Å²) in [6.45, 7) is -0.511. The summed E-state index contributed by atoms with van der Waals surface area (Å²) in [6.07, 6.45) is -2.77. The number of urea groups is 1. The van der Waals surface area contributed by atoms with E-state index in [4.69, 9.17) is 0 Å². The number of sulfonamides is 1. The van der Waals surface area contributed by atoms with Gasteiger partial charge in [-0.2, -0.15) is 17.9 Å². The summed E-state index contributed by atoms with van der Waals surface area (Å²) in [7, 11) is -4.78. The molecule has 0 saturated carbocycles. The van der Waals surface area contributed by atoms with Gasteiger partial charge < -0.3 is 5.32 Å². The zero-order valence-electron chi connectivity index (χ0n) is 14.0. The first-order chi connectivity index (χ1) is 13.1. The van der Waals surface area contributed by atoms with Gasteiger partial charge in [0, 0.05) is 12.4 Å². The minimum absolute atomic E-state index is 0.276. The fourth-order valence-electron chi connectivity index (χ4n) is 2.57. The van der Waals surface area contributed by atoms with E-state index >= 15 is 0 Å². The van der Waals surface area contributed by atoms with Crippen LogP contribution in [0, 0.1) is 0 Å². The lowest BCUT2D eigenvalue weighted by Gasteiger charge is -2.29. The Morgan fingerprint density at radius 1 is 1.11 bits per heavy atom. The number of hydrogen-bond acceptors (Lipinski definition) is 5. The first-order valence-electron chi connectivity index (χ1n) is 7.75. The molecule has 0 bridgehead atoms. The van der Waals surface area contributed by atoms with E-state index in [2.05, 4.69) is 4.98 Å². The fraction of sp³-hybridized carbons (Fsp3) is 0.188. The van der Waals surface area contributed by atoms with E-state index in [1.807, 2.05) is 0 Å². The largest absolute Gasteiger partial charge is 0.435 e. The highest BCUT2D eigenvalue weighted by atomic mass is 32.2. The first-order valence-corrected chi connectivity index (χ1v) is 9.24. The van der Waals surface area contributed by atoms with Crippen molar-refractivity contribution in [3.63, 3.8) is 0 Å². The minimum Gasteiger partial charge on any atom is -0.303 e. The number of amides is 3. The van der Waals surface area contributed by atoms with E-state index in [0.717, 1.165) is 12.1 Å². The highest BCUT2D eigenvalue weighted by molar-refractivity contribution is 7.89. The van der Waals surface area contributed by atoms with Crippen LogP contribution in [0.25, 0.3) is 0 Å². The number of aromatic nitrogens is 1. The summed E-state index contributed by atoms with van der Waals surface area (Å²) in [5, 5.41) is 1.46. The molecule has 0 radical (unpaired) electrons. The molecule has 1 aliphatic rings. The highest BCUT2D eigenvalue weighted by Crippen LogP contribution is 2.35. The van der Waals surface area contributed by atoms with Crippen LogP contribution in [-0.4, -0.2) is 42.1 Å². The molecular weight excluding hydrogens is 401 g/mol. The lowest BCUT2D eigenvalue weighted by Crippen LogP contribution is -2.69. The van der Waals surface area contributed by atoms with Gasteiger partial charge in [-0.05, 0) is 23.8 Å². The number of carbonyl (C=O) groups is 2. The van der Waals surface area contributed by atoms with Crippen molar-refractivity contribution in [3.8, 4) is 0 Å². The maximum absolute atomic E-state index is 13.8. The van der Waals surface area contributed by atoms with Gasteiger partial charge in [-0.25, -0.2) is 13.2 Å². The van der Waals surface area contributed by atoms with Crippen LogP contribution in [0.3, 0.4) is 0 Å². The molecule has 1 atom stereocenters. The van der Waals surface area contributed by atoms with Crippen molar-refractivity contribution in [1.82, 2.24) is 19.9 Å². The number of imide groups is 1. The molecule has 8 nitrogen and oxygen atoms in total. The summed E-state index contributed by atoms with van der Waals surface area (Å²) >= 11 is 0. The van der Waals surface area contributed by atoms with Gasteiger partial charge in [0.05, 0.1) is 11.4 Å². The second-order valence-electron chi connectivity index (χ2n) is 5.85. The van der Waals surface area contributed by atoms with Crippen LogP contribution in [-0.2, 0) is 21.4 Å². The number of pyridine rings is 1. The quantitative estimate of drug-likeness (QED) is 0.719. The van der Waals surface area contributed by atoms with Crippen molar-refractivity contribution in [2.45, 2.75) is 23.3 Å². The summed E-state index contributed by atoms with van der Waals surface area (Å²) in [6, 6.07) is 7.73. The number of carbonyl (C=O) groups excluding carboxylic acids is 2. The molecule has 1 fully saturated rings. The molecule has 2 heterocycles. The maximum atomic E-state index is 13.8. The van der Waals surface area contributed by atoms with Crippen molar-refractivity contribution >= 4 is 22.0 Å². The summed E-state index contributed by atoms with van der Waals surface area (Å²) in [5.41, 5.74) is -3.53. The van der Waals surface area contributed by atoms with Gasteiger partial charge in [0.2, 0.25) is 10.0 Å². The van der Waals surface area contributed by atoms with Gasteiger partial charge >= 0.3 is 12.2 Å². The number of benzene rings is 1. The SMILES string of the molecule is O=C1N[C@@](NS(=O)(=O)c2ccccc2)(C(F)(F)F)C(=O)N1Cc1cccnc1. The molecule has 0 unspecified atom stereocenters. The van der Waals surface area contributed by atoms with Gasteiger partial charge in [-0.3, -0.25) is 14.7 Å². The third-order valence-electron chi connectivity index (χ3n) is 3.94. The smallest absolute Gasteiger partial charge is 0.303 e. The third-order valence-corrected chi connectivity index (χ3v) is 5.40. The van der Waals surface area contributed by atoms with E-state index in [-0.39, 0.29) is 10.5 Å². The van der Waals surface area contributed by atoms with Gasteiger partial charge in [-0.15, -0.1) is 0 Å². The molecule has 1 aromatic heterocycles. The molecular formula is C16H13F3N4O4S. The van der Waals surface area contributed by atoms with Crippen LogP contribution in [0.2, 0.25) is 0 Å². The monoisotopic (exact) mass is 414 g/mol. The standard InChI is InChI=1S/C16H13F3N4O4S/c17-16(18,19)15(22-28(26,27)12-6-2-1-3-7-12)13(24)23(14(25)21-15)10-11-5-4-8-20-9-11/h1-9,22H,10H2,(H,21,25)/t15-/m0/s1. The Morgan fingerprint density at radius 3 is 2.36 bits per heavy atom. The average Bonchev–Trinajstić information content (AvgIpc) is 2.88. The van der Waals surface area contributed by atoms with Crippen molar-refractivity contribution in [3.05, 3.63) is 60.4 Å². The Morgan fingerprint density at radius 2 is 1.79 bits per heavy atom. The topological polar surface area (TPSA) is 108 Å². The number of nitrogens with zero attached hydrogens (tertiary/aromatic N) is 2. The summed E-state index contributed by atoms with van der Waals surface area (Å²) in [4.78, 5) is 28.2. The second kappa shape index (κ2) is 6.87. The Balaban J connectivity index is 1.99. The van der Waals surface area contributed by atoms with E-state index in [0.29, 0.717) is 0 Å². The van der Waals surface area contributed by atoms with E-state index < -0.39 is 45.2 Å². The molecule has 0 spiro atoms. The molecule has 12 heteroatoms. The van der Waals surface area contributed by atoms with Crippen molar-refractivity contribution in [2.75, 3.05) is 0 Å². The Kier molecular flexibility index (Phi) is 4.85. The number of nitrogens with one attached hydrogen (secondary N) is 2. The normalized spacial score (nSPS) is 20.3. The van der Waals surface area contributed by atoms with E-state index in [1.54, 1.807) is 0 Å². The molecule has 2 aromatic rings. The van der Waals surface area contributed by atoms with Crippen LogP contribution >= 0.6 is 0 Å². The van der Waals surface area contributed by atoms with Crippen LogP contribution in [0.5, 0.6) is 0 Å². The van der Waals surface area contributed by atoms with Gasteiger partial charge in [-0.1, -0.05) is 24.3 Å². The maximum Gasteiger partial charge on any atom is 0.435 e. The van der Waals surface area contributed by atoms with Crippen LogP contribution in [0.15, 0.2) is 59.8 Å². The van der Waals surface area contributed by atoms with Crippen molar-refractivity contribution in [1.29, 1.82) is 0 Å². The zero-order chi connectivity index (χ0) is 20.6. The minimum atomic E-state index is -5.44. The van der Waals surface area contributed by atoms with Crippen molar-refractivity contribution in [2.24, 2.45) is 0 Å². The van der Waals surface area contributed by atoms with Crippen LogP contribution in [0.1, 0.15) is 5.56 Å². The molecule has 1 aromatic carbocycles. The Labute approximate surface area is 157 Å². The lowest BCUT2D eigenvalue weighted by molar-refractivity contribution is -0.198. The van der Waals surface area contributed by atoms with Gasteiger partial charge in [0.25, 0.3) is 11.6 Å². The molecule has 2 N–H and O–H groups in total. The number of halogens is 3. The van der Waals surface area contributed by atoms with Gasteiger partial charge in [0.15, 0.2) is 0 Å². The van der Waals surface area contributed by atoms with Crippen molar-refractivity contribution < 1.29 is 31.2 Å². The third kappa shape index (κ3) is 3.43. The Bertz CT molecular complexity index is 1000. The molecule has 3 rings (SSSR count). The first kappa shape index (κ1) is 19.8. The summed E-state index contributed by atoms with van der Waals surface area (Å²) in [5.74, 6) is -1.78. The molecule has 3 amide bonds. The predicted molar refractivity (Wildman–Crippen MR) is 88.9 cm³/mol. The average molecular weight is 414 g/mol. The molecule has 1 saturated heterocycles. The molecule has 1 aliphatic heterocycles. The lowest BCUT2D eigenvalue weighted by atomic mass is 10.1. The molecule has 0 aliphatic carbocycles. The molecule has 148 valence electrons. The van der Waals surface area contributed by atoms with E-state index in [9.17, 15) is 31.2 Å². The number of rotatable bonds is 5. The van der Waals surface area contributed by atoms with Gasteiger partial charge in [0.1, 0.15) is 0 Å². The van der Waals surface area contributed by atoms with E-state index in [1.165, 1.54) is 52.8 Å². The predicted octanol–water partition coefficient (Wildman–Crippen LogP) is 1.37.